The summed E-state index contributed by atoms with van der Waals surface area (Å²) in [4.78, 5) is 15.1. The Morgan fingerprint density at radius 3 is 2.64 bits per heavy atom. The second kappa shape index (κ2) is 8.20. The van der Waals surface area contributed by atoms with Gasteiger partial charge in [-0.2, -0.15) is 0 Å². The molecule has 2 N–H and O–H groups in total. The van der Waals surface area contributed by atoms with Crippen molar-refractivity contribution in [3.05, 3.63) is 69.9 Å². The number of carbonyl (C=O) groups excluding carboxylic acids is 1. The lowest BCUT2D eigenvalue weighted by atomic mass is 9.89. The van der Waals surface area contributed by atoms with Crippen LogP contribution in [0, 0.1) is 0 Å². The van der Waals surface area contributed by atoms with Gasteiger partial charge in [-0.3, -0.25) is 4.79 Å². The first-order chi connectivity index (χ1) is 13.3. The molecule has 1 heterocycles. The number of halogens is 1. The topological polar surface area (TPSA) is 61.8 Å². The van der Waals surface area contributed by atoms with Gasteiger partial charge in [0.05, 0.1) is 17.7 Å². The first-order valence-electron chi connectivity index (χ1n) is 8.85. The van der Waals surface area contributed by atoms with Gasteiger partial charge < -0.3 is 20.1 Å². The van der Waals surface area contributed by atoms with Crippen LogP contribution in [0.3, 0.4) is 0 Å². The minimum Gasteiger partial charge on any atom is -0.503 e. The van der Waals surface area contributed by atoms with Gasteiger partial charge in [-0.1, -0.05) is 41.9 Å². The second-order valence-corrected chi connectivity index (χ2v) is 7.21. The van der Waals surface area contributed by atoms with Crippen LogP contribution >= 0.6 is 23.8 Å². The van der Waals surface area contributed by atoms with Gasteiger partial charge in [0.15, 0.2) is 22.4 Å². The van der Waals surface area contributed by atoms with E-state index in [2.05, 4.69) is 5.32 Å². The van der Waals surface area contributed by atoms with Crippen LogP contribution in [0.2, 0.25) is 5.02 Å². The van der Waals surface area contributed by atoms with E-state index < -0.39 is 6.04 Å². The number of phenolic OH excluding ortho intramolecular Hbond substituents is 1. The highest BCUT2D eigenvalue weighted by atomic mass is 35.5. The van der Waals surface area contributed by atoms with Crippen LogP contribution in [0.1, 0.15) is 35.8 Å². The summed E-state index contributed by atoms with van der Waals surface area (Å²) in [5.41, 5.74) is 2.58. The molecular formula is C21H21ClN2O3S. The van der Waals surface area contributed by atoms with E-state index in [0.717, 1.165) is 5.70 Å². The molecule has 0 saturated carbocycles. The van der Waals surface area contributed by atoms with Gasteiger partial charge in [0, 0.05) is 23.9 Å². The number of ketones is 1. The Morgan fingerprint density at radius 1 is 1.32 bits per heavy atom. The van der Waals surface area contributed by atoms with Gasteiger partial charge in [-0.05, 0) is 43.8 Å². The molecule has 3 rings (SSSR count). The number of aromatic hydroxyl groups is 1. The summed E-state index contributed by atoms with van der Waals surface area (Å²) in [5, 5.41) is 14.0. The summed E-state index contributed by atoms with van der Waals surface area (Å²) in [6.45, 7) is 4.05. The van der Waals surface area contributed by atoms with E-state index in [1.54, 1.807) is 29.2 Å². The number of nitrogens with zero attached hydrogens (tertiary/aromatic N) is 1. The molecule has 7 heteroatoms. The normalized spacial score (nSPS) is 16.8. The number of thiocarbonyl (C=S) groups is 1. The van der Waals surface area contributed by atoms with E-state index in [-0.39, 0.29) is 22.3 Å². The van der Waals surface area contributed by atoms with Crippen molar-refractivity contribution in [3.8, 4) is 11.5 Å². The lowest BCUT2D eigenvalue weighted by Crippen LogP contribution is -2.45. The summed E-state index contributed by atoms with van der Waals surface area (Å²) in [6.07, 6.45) is 0. The molecule has 28 heavy (non-hydrogen) atoms. The highest BCUT2D eigenvalue weighted by Crippen LogP contribution is 2.40. The SMILES string of the molecule is CCOc1cc(C2NC(=S)N(C)C(C)=C2C(=O)c2ccccc2)cc(Cl)c1O. The largest absolute Gasteiger partial charge is 0.503 e. The molecule has 0 bridgehead atoms. The monoisotopic (exact) mass is 416 g/mol. The van der Waals surface area contributed by atoms with Gasteiger partial charge in [-0.15, -0.1) is 0 Å². The molecule has 1 aliphatic heterocycles. The number of phenols is 1. The third-order valence-corrected chi connectivity index (χ3v) is 5.40. The van der Waals surface area contributed by atoms with Crippen LogP contribution in [-0.2, 0) is 0 Å². The van der Waals surface area contributed by atoms with Crippen LogP contribution in [0.4, 0.5) is 0 Å². The molecule has 5 nitrogen and oxygen atoms in total. The van der Waals surface area contributed by atoms with Gasteiger partial charge >= 0.3 is 0 Å². The summed E-state index contributed by atoms with van der Waals surface area (Å²) in [7, 11) is 1.81. The first kappa shape index (κ1) is 20.2. The van der Waals surface area contributed by atoms with Crippen molar-refractivity contribution in [1.29, 1.82) is 0 Å². The average molecular weight is 417 g/mol. The van der Waals surface area contributed by atoms with Gasteiger partial charge in [0.25, 0.3) is 0 Å². The summed E-state index contributed by atoms with van der Waals surface area (Å²) < 4.78 is 5.50. The molecular weight excluding hydrogens is 396 g/mol. The lowest BCUT2D eigenvalue weighted by Gasteiger charge is -2.36. The Kier molecular flexibility index (Phi) is 5.91. The molecule has 1 unspecified atom stereocenters. The molecule has 146 valence electrons. The Balaban J connectivity index is 2.15. The molecule has 0 spiro atoms. The molecule has 0 aromatic heterocycles. The van der Waals surface area contributed by atoms with E-state index in [0.29, 0.717) is 28.4 Å². The molecule has 2 aromatic carbocycles. The number of nitrogens with one attached hydrogen (secondary N) is 1. The fourth-order valence-corrected chi connectivity index (χ4v) is 3.62. The predicted molar refractivity (Wildman–Crippen MR) is 114 cm³/mol. The van der Waals surface area contributed by atoms with Crippen molar-refractivity contribution in [1.82, 2.24) is 10.2 Å². The molecule has 2 aromatic rings. The van der Waals surface area contributed by atoms with Crippen LogP contribution in [0.25, 0.3) is 0 Å². The fourth-order valence-electron chi connectivity index (χ4n) is 3.15. The van der Waals surface area contributed by atoms with Crippen LogP contribution in [-0.4, -0.2) is 34.6 Å². The Morgan fingerprint density at radius 2 is 2.00 bits per heavy atom. The Bertz CT molecular complexity index is 960. The summed E-state index contributed by atoms with van der Waals surface area (Å²) in [5.74, 6) is 0.0346. The van der Waals surface area contributed by atoms with Crippen molar-refractivity contribution in [2.24, 2.45) is 0 Å². The first-order valence-corrected chi connectivity index (χ1v) is 9.63. The quantitative estimate of drug-likeness (QED) is 0.554. The highest BCUT2D eigenvalue weighted by Gasteiger charge is 2.33. The van der Waals surface area contributed by atoms with Crippen molar-refractivity contribution in [2.45, 2.75) is 19.9 Å². The number of carbonyl (C=O) groups is 1. The Hall–Kier alpha value is -2.57. The number of ether oxygens (including phenoxy) is 1. The minimum absolute atomic E-state index is 0.105. The maximum atomic E-state index is 13.3. The molecule has 0 fully saturated rings. The van der Waals surface area contributed by atoms with Gasteiger partial charge in [0.2, 0.25) is 0 Å². The molecule has 0 amide bonds. The molecule has 0 radical (unpaired) electrons. The third-order valence-electron chi connectivity index (χ3n) is 4.72. The molecule has 0 aliphatic carbocycles. The van der Waals surface area contributed by atoms with Crippen molar-refractivity contribution in [3.63, 3.8) is 0 Å². The molecule has 1 atom stereocenters. The number of benzene rings is 2. The number of Topliss-reactive ketones (excluding diaryl/α,β-unsaturated/α-hetero) is 1. The smallest absolute Gasteiger partial charge is 0.193 e. The van der Waals surface area contributed by atoms with E-state index in [1.807, 2.05) is 39.1 Å². The van der Waals surface area contributed by atoms with Gasteiger partial charge in [0.1, 0.15) is 0 Å². The van der Waals surface area contributed by atoms with Crippen LogP contribution in [0.5, 0.6) is 11.5 Å². The number of hydrogen-bond acceptors (Lipinski definition) is 4. The van der Waals surface area contributed by atoms with Crippen LogP contribution < -0.4 is 10.1 Å². The zero-order chi connectivity index (χ0) is 20.4. The van der Waals surface area contributed by atoms with Crippen molar-refractivity contribution in [2.75, 3.05) is 13.7 Å². The van der Waals surface area contributed by atoms with Gasteiger partial charge in [-0.25, -0.2) is 0 Å². The maximum Gasteiger partial charge on any atom is 0.193 e. The van der Waals surface area contributed by atoms with E-state index in [9.17, 15) is 9.90 Å². The predicted octanol–water partition coefficient (Wildman–Crippen LogP) is 4.46. The minimum atomic E-state index is -0.520. The lowest BCUT2D eigenvalue weighted by molar-refractivity contribution is 0.102. The summed E-state index contributed by atoms with van der Waals surface area (Å²) in [6, 6.07) is 11.9. The third kappa shape index (κ3) is 3.70. The number of rotatable bonds is 5. The van der Waals surface area contributed by atoms with E-state index in [4.69, 9.17) is 28.6 Å². The highest BCUT2D eigenvalue weighted by molar-refractivity contribution is 7.80. The second-order valence-electron chi connectivity index (χ2n) is 6.42. The zero-order valence-electron chi connectivity index (χ0n) is 15.8. The zero-order valence-corrected chi connectivity index (χ0v) is 17.4. The standard InChI is InChI=1S/C21H21ClN2O3S/c1-4-27-16-11-14(10-15(22)20(16)26)18-17(12(2)24(3)21(28)23-18)19(25)13-8-6-5-7-9-13/h5-11,18,26H,4H2,1-3H3,(H,23,28). The number of hydrogen-bond donors (Lipinski definition) is 2. The van der Waals surface area contributed by atoms with Crippen LogP contribution in [0.15, 0.2) is 53.7 Å². The fraction of sp³-hybridized carbons (Fsp3) is 0.238. The maximum absolute atomic E-state index is 13.3. The Labute approximate surface area is 174 Å². The average Bonchev–Trinajstić information content (AvgIpc) is 2.69. The van der Waals surface area contributed by atoms with E-state index in [1.165, 1.54) is 0 Å². The van der Waals surface area contributed by atoms with Crippen molar-refractivity contribution < 1.29 is 14.6 Å². The van der Waals surface area contributed by atoms with Crippen molar-refractivity contribution >= 4 is 34.7 Å². The summed E-state index contributed by atoms with van der Waals surface area (Å²) >= 11 is 11.7. The molecule has 1 aliphatic rings. The molecule has 0 saturated heterocycles. The van der Waals surface area contributed by atoms with E-state index >= 15 is 0 Å². The number of allylic oxidation sites excluding steroid dienone is 1.